The molecular weight excluding hydrogens is 571 g/mol. The number of fused-ring (bicyclic) bond motifs is 7. The summed E-state index contributed by atoms with van der Waals surface area (Å²) < 4.78 is 32.7. The van der Waals surface area contributed by atoms with Crippen LogP contribution >= 0.6 is 0 Å². The molecule has 3 amide bonds. The van der Waals surface area contributed by atoms with E-state index in [0.29, 0.717) is 41.3 Å². The summed E-state index contributed by atoms with van der Waals surface area (Å²) in [7, 11) is 1.51. The smallest absolute Gasteiger partial charge is 0.276 e. The predicted octanol–water partition coefficient (Wildman–Crippen LogP) is 2.72. The van der Waals surface area contributed by atoms with Gasteiger partial charge in [0.1, 0.15) is 29.2 Å². The monoisotopic (exact) mass is 600 g/mol. The quantitative estimate of drug-likeness (QED) is 0.318. The van der Waals surface area contributed by atoms with Crippen LogP contribution in [0.4, 0.5) is 4.39 Å². The van der Waals surface area contributed by atoms with Gasteiger partial charge in [0.15, 0.2) is 12.3 Å². The summed E-state index contributed by atoms with van der Waals surface area (Å²) in [6, 6.07) is 15.7. The Kier molecular flexibility index (Phi) is 8.08. The van der Waals surface area contributed by atoms with Gasteiger partial charge in [0, 0.05) is 37.7 Å². The van der Waals surface area contributed by atoms with E-state index in [1.54, 1.807) is 53.4 Å². The molecule has 4 heterocycles. The predicted molar refractivity (Wildman–Crippen MR) is 155 cm³/mol. The molecule has 0 radical (unpaired) electrons. The largest absolute Gasteiger partial charge is 0.496 e. The molecule has 12 nitrogen and oxygen atoms in total. The SMILES string of the molecule is COc1cc2ccc1CNC(=O)COc1cccc(c1)-c1ccc(F)c(c1)C(=O)N[C@@H]1CN(C(=O)c3cn[nH]n3)CC[C@@H]1O2. The molecule has 4 aromatic rings. The fraction of sp³-hybridized carbons (Fsp3) is 0.258. The van der Waals surface area contributed by atoms with E-state index < -0.39 is 23.9 Å². The van der Waals surface area contributed by atoms with Crippen molar-refractivity contribution in [1.82, 2.24) is 30.9 Å². The van der Waals surface area contributed by atoms with Crippen molar-refractivity contribution in [3.63, 3.8) is 0 Å². The molecule has 0 spiro atoms. The Morgan fingerprint density at radius 3 is 2.75 bits per heavy atom. The number of benzene rings is 3. The fourth-order valence-corrected chi connectivity index (χ4v) is 5.26. The number of rotatable bonds is 2. The Morgan fingerprint density at radius 2 is 1.93 bits per heavy atom. The number of piperidine rings is 1. The number of nitrogens with zero attached hydrogens (tertiary/aromatic N) is 3. The molecule has 3 aromatic carbocycles. The van der Waals surface area contributed by atoms with Gasteiger partial charge in [-0.25, -0.2) is 4.39 Å². The Morgan fingerprint density at radius 1 is 1.07 bits per heavy atom. The molecule has 2 atom stereocenters. The van der Waals surface area contributed by atoms with Gasteiger partial charge in [-0.3, -0.25) is 14.4 Å². The van der Waals surface area contributed by atoms with Gasteiger partial charge >= 0.3 is 0 Å². The number of ether oxygens (including phenoxy) is 3. The molecule has 0 unspecified atom stereocenters. The number of hydrogen-bond acceptors (Lipinski definition) is 8. The van der Waals surface area contributed by atoms with Gasteiger partial charge in [0.25, 0.3) is 17.7 Å². The normalized spacial score (nSPS) is 18.6. The molecule has 0 aliphatic carbocycles. The number of halogens is 1. The zero-order valence-electron chi connectivity index (χ0n) is 23.7. The molecule has 0 saturated carbocycles. The zero-order valence-corrected chi connectivity index (χ0v) is 23.7. The van der Waals surface area contributed by atoms with Gasteiger partial charge < -0.3 is 29.7 Å². The lowest BCUT2D eigenvalue weighted by atomic mass is 9.99. The molecule has 44 heavy (non-hydrogen) atoms. The minimum absolute atomic E-state index is 0.0873. The van der Waals surface area contributed by atoms with E-state index >= 15 is 4.39 Å². The molecular formula is C31H29FN6O6. The van der Waals surface area contributed by atoms with Gasteiger partial charge in [0.2, 0.25) is 0 Å². The lowest BCUT2D eigenvalue weighted by Crippen LogP contribution is -2.58. The Bertz CT molecular complexity index is 1700. The standard InChI is InChI=1S/C31H29FN6O6/c1-42-28-13-22-7-5-20(28)14-33-29(39)17-43-21-4-2-3-18(11-21)19-6-8-24(32)23(12-19)30(40)35-26-16-38(10-9-27(26)44-22)31(41)25-15-34-37-36-25/h2-8,11-13,15,26-27H,9-10,14,16-17H2,1H3,(H,33,39)(H,35,40)(H,34,36,37)/t26-,27+/m1/s1. The van der Waals surface area contributed by atoms with Crippen molar-refractivity contribution in [2.45, 2.75) is 25.1 Å². The van der Waals surface area contributed by atoms with Crippen molar-refractivity contribution in [3.8, 4) is 28.4 Å². The second-order valence-electron chi connectivity index (χ2n) is 10.4. The van der Waals surface area contributed by atoms with E-state index in [2.05, 4.69) is 26.0 Å². The van der Waals surface area contributed by atoms with Crippen molar-refractivity contribution in [2.75, 3.05) is 26.8 Å². The highest BCUT2D eigenvalue weighted by Gasteiger charge is 2.36. The summed E-state index contributed by atoms with van der Waals surface area (Å²) in [6.45, 7) is 0.394. The maximum atomic E-state index is 15.1. The molecule has 1 aromatic heterocycles. The van der Waals surface area contributed by atoms with Crippen LogP contribution in [-0.4, -0.2) is 77.0 Å². The molecule has 7 rings (SSSR count). The molecule has 13 heteroatoms. The maximum absolute atomic E-state index is 15.1. The molecule has 1 fully saturated rings. The van der Waals surface area contributed by atoms with Crippen LogP contribution in [0, 0.1) is 5.82 Å². The third-order valence-electron chi connectivity index (χ3n) is 7.56. The lowest BCUT2D eigenvalue weighted by Gasteiger charge is -2.38. The molecule has 226 valence electrons. The summed E-state index contributed by atoms with van der Waals surface area (Å²) in [5.41, 5.74) is 1.93. The van der Waals surface area contributed by atoms with Crippen molar-refractivity contribution < 1.29 is 33.0 Å². The lowest BCUT2D eigenvalue weighted by molar-refractivity contribution is -0.123. The number of aromatic amines is 1. The number of amides is 3. The Labute approximate surface area is 251 Å². The summed E-state index contributed by atoms with van der Waals surface area (Å²) in [5, 5.41) is 15.8. The van der Waals surface area contributed by atoms with Crippen molar-refractivity contribution >= 4 is 17.7 Å². The highest BCUT2D eigenvalue weighted by molar-refractivity contribution is 5.96. The Balaban J connectivity index is 1.36. The van der Waals surface area contributed by atoms with Gasteiger partial charge in [-0.05, 0) is 47.5 Å². The number of aromatic nitrogens is 3. The summed E-state index contributed by atoms with van der Waals surface area (Å²) in [5.74, 6) is -0.676. The highest BCUT2D eigenvalue weighted by Crippen LogP contribution is 2.29. The second-order valence-corrected chi connectivity index (χ2v) is 10.4. The topological polar surface area (TPSA) is 148 Å². The number of carbonyl (C=O) groups is 3. The minimum atomic E-state index is -0.707. The van der Waals surface area contributed by atoms with Crippen LogP contribution in [0.2, 0.25) is 0 Å². The number of nitrogens with one attached hydrogen (secondary N) is 3. The zero-order chi connectivity index (χ0) is 30.6. The summed E-state index contributed by atoms with van der Waals surface area (Å²) in [4.78, 5) is 40.8. The first-order valence-electron chi connectivity index (χ1n) is 14.0. The molecule has 3 aliphatic heterocycles. The van der Waals surface area contributed by atoms with E-state index in [1.165, 1.54) is 25.4 Å². The number of methoxy groups -OCH3 is 1. The van der Waals surface area contributed by atoms with Crippen LogP contribution in [0.15, 0.2) is 66.9 Å². The van der Waals surface area contributed by atoms with Crippen LogP contribution in [0.25, 0.3) is 11.1 Å². The minimum Gasteiger partial charge on any atom is -0.496 e. The molecule has 6 bridgehead atoms. The fourth-order valence-electron chi connectivity index (χ4n) is 5.26. The number of hydrogen-bond donors (Lipinski definition) is 3. The van der Waals surface area contributed by atoms with Crippen LogP contribution in [-0.2, 0) is 11.3 Å². The number of H-pyrrole nitrogens is 1. The second kappa shape index (κ2) is 12.4. The summed E-state index contributed by atoms with van der Waals surface area (Å²) in [6.07, 6.45) is 1.12. The van der Waals surface area contributed by atoms with Crippen molar-refractivity contribution in [1.29, 1.82) is 0 Å². The highest BCUT2D eigenvalue weighted by atomic mass is 19.1. The third-order valence-corrected chi connectivity index (χ3v) is 7.56. The van der Waals surface area contributed by atoms with Crippen LogP contribution in [0.3, 0.4) is 0 Å². The van der Waals surface area contributed by atoms with Gasteiger partial charge in [-0.1, -0.05) is 18.2 Å². The molecule has 1 saturated heterocycles. The first-order valence-corrected chi connectivity index (χ1v) is 14.0. The summed E-state index contributed by atoms with van der Waals surface area (Å²) >= 11 is 0. The van der Waals surface area contributed by atoms with Crippen LogP contribution in [0.5, 0.6) is 17.2 Å². The van der Waals surface area contributed by atoms with Crippen molar-refractivity contribution in [3.05, 3.63) is 89.5 Å². The maximum Gasteiger partial charge on any atom is 0.276 e. The number of carbonyl (C=O) groups excluding carboxylic acids is 3. The third kappa shape index (κ3) is 6.16. The van der Waals surface area contributed by atoms with E-state index in [-0.39, 0.29) is 42.8 Å². The van der Waals surface area contributed by atoms with Crippen LogP contribution in [0.1, 0.15) is 32.8 Å². The van der Waals surface area contributed by atoms with Gasteiger partial charge in [-0.15, -0.1) is 0 Å². The average molecular weight is 601 g/mol. The van der Waals surface area contributed by atoms with E-state index in [1.807, 2.05) is 0 Å². The number of likely N-dealkylation sites (tertiary alicyclic amines) is 1. The van der Waals surface area contributed by atoms with Gasteiger partial charge in [-0.2, -0.15) is 15.4 Å². The van der Waals surface area contributed by atoms with E-state index in [9.17, 15) is 14.4 Å². The van der Waals surface area contributed by atoms with Gasteiger partial charge in [0.05, 0.1) is 24.9 Å². The van der Waals surface area contributed by atoms with E-state index in [4.69, 9.17) is 14.2 Å². The first-order chi connectivity index (χ1) is 21.4. The molecule has 3 aliphatic rings. The van der Waals surface area contributed by atoms with E-state index in [0.717, 1.165) is 5.56 Å². The Hall–Kier alpha value is -5.46. The van der Waals surface area contributed by atoms with Crippen LogP contribution < -0.4 is 24.8 Å². The van der Waals surface area contributed by atoms with Crippen molar-refractivity contribution in [2.24, 2.45) is 0 Å². The first kappa shape index (κ1) is 28.6. The average Bonchev–Trinajstić information content (AvgIpc) is 3.59. The molecule has 3 N–H and O–H groups in total.